The summed E-state index contributed by atoms with van der Waals surface area (Å²) >= 11 is 7.80. The van der Waals surface area contributed by atoms with E-state index in [0.717, 1.165) is 46.4 Å². The van der Waals surface area contributed by atoms with Crippen LogP contribution >= 0.6 is 22.9 Å². The number of aromatic nitrogens is 1. The number of nitrogens with zero attached hydrogens (tertiary/aromatic N) is 2. The highest BCUT2D eigenvalue weighted by Gasteiger charge is 2.28. The predicted octanol–water partition coefficient (Wildman–Crippen LogP) is 5.70. The van der Waals surface area contributed by atoms with Gasteiger partial charge in [-0.05, 0) is 62.9 Å². The summed E-state index contributed by atoms with van der Waals surface area (Å²) < 4.78 is 6.85. The second-order valence-electron chi connectivity index (χ2n) is 7.38. The molecule has 4 nitrogen and oxygen atoms in total. The van der Waals surface area contributed by atoms with Crippen molar-refractivity contribution in [3.05, 3.63) is 57.6 Å². The molecule has 1 aliphatic heterocycles. The summed E-state index contributed by atoms with van der Waals surface area (Å²) in [6.07, 6.45) is 2.04. The van der Waals surface area contributed by atoms with E-state index in [9.17, 15) is 4.79 Å². The number of hydrogen-bond donors (Lipinski definition) is 0. The summed E-state index contributed by atoms with van der Waals surface area (Å²) in [5.74, 6) is -0.0282. The zero-order valence-electron chi connectivity index (χ0n) is 16.3. The lowest BCUT2D eigenvalue weighted by molar-refractivity contribution is 0.0917. The molecule has 0 bridgehead atoms. The van der Waals surface area contributed by atoms with Gasteiger partial charge in [-0.15, -0.1) is 0 Å². The molecular formula is C22H23ClN2O2S. The van der Waals surface area contributed by atoms with Crippen molar-refractivity contribution in [2.45, 2.75) is 39.7 Å². The van der Waals surface area contributed by atoms with Crippen molar-refractivity contribution < 1.29 is 9.53 Å². The number of thiazole rings is 1. The van der Waals surface area contributed by atoms with E-state index >= 15 is 0 Å². The molecule has 1 fully saturated rings. The summed E-state index contributed by atoms with van der Waals surface area (Å²) in [6, 6.07) is 9.83. The summed E-state index contributed by atoms with van der Waals surface area (Å²) in [5.41, 5.74) is 4.55. The molecule has 3 aromatic rings. The molecule has 6 heteroatoms. The average molecular weight is 415 g/mol. The minimum Gasteiger partial charge on any atom is -0.376 e. The second-order valence-corrected chi connectivity index (χ2v) is 8.80. The minimum atomic E-state index is -0.0282. The maximum atomic E-state index is 13.5. The van der Waals surface area contributed by atoms with E-state index in [0.29, 0.717) is 22.3 Å². The molecular weight excluding hydrogens is 392 g/mol. The van der Waals surface area contributed by atoms with Crippen molar-refractivity contribution in [3.8, 4) is 0 Å². The summed E-state index contributed by atoms with van der Waals surface area (Å²) in [5, 5.41) is 1.39. The number of benzene rings is 2. The number of amides is 1. The van der Waals surface area contributed by atoms with Gasteiger partial charge in [-0.2, -0.15) is 0 Å². The maximum absolute atomic E-state index is 13.5. The first-order valence-electron chi connectivity index (χ1n) is 9.50. The Labute approximate surface area is 174 Å². The SMILES string of the molecule is Cc1ccc(C)c(C(=O)N(CC2CCCO2)c2nc3c(C)c(Cl)ccc3s2)c1. The molecule has 1 amide bonds. The molecule has 0 radical (unpaired) electrons. The Hall–Kier alpha value is -1.95. The third-order valence-corrected chi connectivity index (χ3v) is 6.70. The third kappa shape index (κ3) is 3.66. The van der Waals surface area contributed by atoms with Gasteiger partial charge >= 0.3 is 0 Å². The lowest BCUT2D eigenvalue weighted by Crippen LogP contribution is -2.37. The lowest BCUT2D eigenvalue weighted by Gasteiger charge is -2.24. The molecule has 146 valence electrons. The number of anilines is 1. The Kier molecular flexibility index (Phi) is 5.41. The van der Waals surface area contributed by atoms with Crippen LogP contribution in [0.5, 0.6) is 0 Å². The molecule has 28 heavy (non-hydrogen) atoms. The van der Waals surface area contributed by atoms with Crippen molar-refractivity contribution in [1.29, 1.82) is 0 Å². The fourth-order valence-corrected chi connectivity index (χ4v) is 4.74. The van der Waals surface area contributed by atoms with E-state index in [-0.39, 0.29) is 12.0 Å². The number of halogens is 1. The zero-order valence-corrected chi connectivity index (χ0v) is 17.9. The van der Waals surface area contributed by atoms with Gasteiger partial charge in [0, 0.05) is 17.2 Å². The van der Waals surface area contributed by atoms with Crippen molar-refractivity contribution in [3.63, 3.8) is 0 Å². The fourth-order valence-electron chi connectivity index (χ4n) is 3.56. The van der Waals surface area contributed by atoms with Crippen LogP contribution in [-0.2, 0) is 4.74 Å². The van der Waals surface area contributed by atoms with Crippen LogP contribution in [0, 0.1) is 20.8 Å². The van der Waals surface area contributed by atoms with Crippen LogP contribution in [0.25, 0.3) is 10.2 Å². The normalized spacial score (nSPS) is 16.6. The largest absolute Gasteiger partial charge is 0.376 e. The van der Waals surface area contributed by atoms with Crippen LogP contribution in [0.15, 0.2) is 30.3 Å². The van der Waals surface area contributed by atoms with E-state index in [4.69, 9.17) is 21.3 Å². The molecule has 1 atom stereocenters. The van der Waals surface area contributed by atoms with Crippen LogP contribution < -0.4 is 4.90 Å². The molecule has 1 saturated heterocycles. The van der Waals surface area contributed by atoms with E-state index in [2.05, 4.69) is 0 Å². The van der Waals surface area contributed by atoms with Gasteiger partial charge < -0.3 is 4.74 Å². The van der Waals surface area contributed by atoms with Gasteiger partial charge in [0.25, 0.3) is 5.91 Å². The number of hydrogen-bond acceptors (Lipinski definition) is 4. The maximum Gasteiger partial charge on any atom is 0.260 e. The van der Waals surface area contributed by atoms with Gasteiger partial charge in [-0.3, -0.25) is 9.69 Å². The molecule has 0 N–H and O–H groups in total. The third-order valence-electron chi connectivity index (χ3n) is 5.25. The first-order valence-corrected chi connectivity index (χ1v) is 10.7. The Morgan fingerprint density at radius 3 is 2.86 bits per heavy atom. The fraction of sp³-hybridized carbons (Fsp3) is 0.364. The lowest BCUT2D eigenvalue weighted by atomic mass is 10.0. The quantitative estimate of drug-likeness (QED) is 0.549. The van der Waals surface area contributed by atoms with E-state index in [1.165, 1.54) is 11.3 Å². The highest BCUT2D eigenvalue weighted by molar-refractivity contribution is 7.22. The molecule has 1 aliphatic rings. The molecule has 2 heterocycles. The topological polar surface area (TPSA) is 42.4 Å². The van der Waals surface area contributed by atoms with Crippen molar-refractivity contribution >= 4 is 44.2 Å². The minimum absolute atomic E-state index is 0.0282. The summed E-state index contributed by atoms with van der Waals surface area (Å²) in [4.78, 5) is 20.1. The first-order chi connectivity index (χ1) is 13.4. The molecule has 2 aromatic carbocycles. The number of carbonyl (C=O) groups excluding carboxylic acids is 1. The molecule has 0 saturated carbocycles. The zero-order chi connectivity index (χ0) is 19.8. The van der Waals surface area contributed by atoms with Crippen LogP contribution in [0.2, 0.25) is 5.02 Å². The summed E-state index contributed by atoms with van der Waals surface area (Å²) in [7, 11) is 0. The van der Waals surface area contributed by atoms with Crippen molar-refractivity contribution in [1.82, 2.24) is 4.98 Å². The Balaban J connectivity index is 1.78. The Bertz CT molecular complexity index is 1040. The number of carbonyl (C=O) groups is 1. The van der Waals surface area contributed by atoms with E-state index in [1.807, 2.05) is 51.1 Å². The number of aryl methyl sites for hydroxylation is 3. The molecule has 1 unspecified atom stereocenters. The van der Waals surface area contributed by atoms with Crippen LogP contribution in [0.1, 0.15) is 39.9 Å². The highest BCUT2D eigenvalue weighted by Crippen LogP contribution is 2.35. The smallest absolute Gasteiger partial charge is 0.260 e. The standard InChI is InChI=1S/C22H23ClN2O2S/c1-13-6-7-14(2)17(11-13)21(26)25(12-16-5-4-10-27-16)22-24-20-15(3)18(23)8-9-19(20)28-22/h6-9,11,16H,4-5,10,12H2,1-3H3. The molecule has 0 aliphatic carbocycles. The number of ether oxygens (including phenoxy) is 1. The van der Waals surface area contributed by atoms with E-state index in [1.54, 1.807) is 4.90 Å². The Morgan fingerprint density at radius 1 is 1.29 bits per heavy atom. The van der Waals surface area contributed by atoms with Gasteiger partial charge in [0.2, 0.25) is 0 Å². The van der Waals surface area contributed by atoms with Gasteiger partial charge in [-0.25, -0.2) is 4.98 Å². The molecule has 1 aromatic heterocycles. The second kappa shape index (κ2) is 7.82. The predicted molar refractivity (Wildman–Crippen MR) is 116 cm³/mol. The average Bonchev–Trinajstić information content (AvgIpc) is 3.34. The molecule has 0 spiro atoms. The Morgan fingerprint density at radius 2 is 2.11 bits per heavy atom. The van der Waals surface area contributed by atoms with Crippen LogP contribution in [0.3, 0.4) is 0 Å². The highest BCUT2D eigenvalue weighted by atomic mass is 35.5. The molecule has 4 rings (SSSR count). The number of fused-ring (bicyclic) bond motifs is 1. The van der Waals surface area contributed by atoms with Crippen molar-refractivity contribution in [2.75, 3.05) is 18.1 Å². The first kappa shape index (κ1) is 19.4. The van der Waals surface area contributed by atoms with Crippen LogP contribution in [0.4, 0.5) is 5.13 Å². The van der Waals surface area contributed by atoms with E-state index < -0.39 is 0 Å². The number of rotatable bonds is 4. The van der Waals surface area contributed by atoms with Gasteiger partial charge in [-0.1, -0.05) is 40.6 Å². The summed E-state index contributed by atoms with van der Waals surface area (Å²) in [6.45, 7) is 7.21. The van der Waals surface area contributed by atoms with Gasteiger partial charge in [0.15, 0.2) is 5.13 Å². The van der Waals surface area contributed by atoms with Gasteiger partial charge in [0.05, 0.1) is 22.9 Å². The monoisotopic (exact) mass is 414 g/mol. The van der Waals surface area contributed by atoms with Gasteiger partial charge in [0.1, 0.15) is 0 Å². The van der Waals surface area contributed by atoms with Crippen molar-refractivity contribution in [2.24, 2.45) is 0 Å². The van der Waals surface area contributed by atoms with Crippen LogP contribution in [-0.4, -0.2) is 30.1 Å².